The van der Waals surface area contributed by atoms with E-state index >= 15 is 0 Å². The molecule has 0 saturated heterocycles. The summed E-state index contributed by atoms with van der Waals surface area (Å²) in [5.74, 6) is 2.08. The lowest BCUT2D eigenvalue weighted by Crippen LogP contribution is -2.17. The largest absolute Gasteiger partial charge is 0.493 e. The number of ether oxygens (including phenoxy) is 2. The molecule has 0 aliphatic rings. The van der Waals surface area contributed by atoms with Crippen molar-refractivity contribution in [3.05, 3.63) is 46.9 Å². The average molecular weight is 296 g/mol. The first kappa shape index (κ1) is 14.8. The monoisotopic (exact) mass is 295 g/mol. The van der Waals surface area contributed by atoms with Gasteiger partial charge in [0, 0.05) is 6.54 Å². The van der Waals surface area contributed by atoms with E-state index in [1.165, 1.54) is 0 Å². The summed E-state index contributed by atoms with van der Waals surface area (Å²) in [5, 5.41) is 3.90. The Kier molecular flexibility index (Phi) is 4.93. The number of benzene rings is 1. The van der Waals surface area contributed by atoms with Crippen LogP contribution in [0.3, 0.4) is 0 Å². The molecule has 0 saturated carbocycles. The number of hydrogen-bond donors (Lipinski definition) is 1. The van der Waals surface area contributed by atoms with Gasteiger partial charge in [0.1, 0.15) is 5.76 Å². The van der Waals surface area contributed by atoms with Crippen LogP contribution >= 0.6 is 11.6 Å². The zero-order chi connectivity index (χ0) is 14.5. The maximum atomic E-state index is 6.18. The summed E-state index contributed by atoms with van der Waals surface area (Å²) in [6.45, 7) is 2.70. The SMILES string of the molecule is COc1cc(CNC(C)c2ccco2)cc(Cl)c1OC. The first-order chi connectivity index (χ1) is 9.65. The Balaban J connectivity index is 2.08. The predicted molar refractivity (Wildman–Crippen MR) is 78.5 cm³/mol. The van der Waals surface area contributed by atoms with E-state index in [1.54, 1.807) is 20.5 Å². The van der Waals surface area contributed by atoms with E-state index in [0.29, 0.717) is 23.1 Å². The molecule has 5 heteroatoms. The highest BCUT2D eigenvalue weighted by molar-refractivity contribution is 6.32. The lowest BCUT2D eigenvalue weighted by atomic mass is 10.1. The molecule has 0 radical (unpaired) electrons. The fourth-order valence-electron chi connectivity index (χ4n) is 1.98. The van der Waals surface area contributed by atoms with Crippen LogP contribution in [0.4, 0.5) is 0 Å². The summed E-state index contributed by atoms with van der Waals surface area (Å²) in [5.41, 5.74) is 1.02. The Bertz CT molecular complexity index is 554. The Morgan fingerprint density at radius 1 is 1.30 bits per heavy atom. The van der Waals surface area contributed by atoms with Gasteiger partial charge in [0.05, 0.1) is 31.5 Å². The molecule has 0 aliphatic heterocycles. The number of hydrogen-bond acceptors (Lipinski definition) is 4. The van der Waals surface area contributed by atoms with Gasteiger partial charge < -0.3 is 19.2 Å². The fourth-order valence-corrected chi connectivity index (χ4v) is 2.29. The molecular weight excluding hydrogens is 278 g/mol. The normalized spacial score (nSPS) is 12.2. The molecule has 20 heavy (non-hydrogen) atoms. The maximum Gasteiger partial charge on any atom is 0.179 e. The third-order valence-electron chi connectivity index (χ3n) is 3.08. The van der Waals surface area contributed by atoms with Crippen molar-refractivity contribution in [3.63, 3.8) is 0 Å². The van der Waals surface area contributed by atoms with Gasteiger partial charge in [-0.3, -0.25) is 0 Å². The lowest BCUT2D eigenvalue weighted by molar-refractivity contribution is 0.354. The maximum absolute atomic E-state index is 6.18. The van der Waals surface area contributed by atoms with Crippen LogP contribution in [0, 0.1) is 0 Å². The number of furan rings is 1. The van der Waals surface area contributed by atoms with E-state index in [-0.39, 0.29) is 6.04 Å². The van der Waals surface area contributed by atoms with Crippen LogP contribution < -0.4 is 14.8 Å². The highest BCUT2D eigenvalue weighted by atomic mass is 35.5. The quantitative estimate of drug-likeness (QED) is 0.880. The Morgan fingerprint density at radius 3 is 2.70 bits per heavy atom. The van der Waals surface area contributed by atoms with Gasteiger partial charge in [0.2, 0.25) is 0 Å². The fraction of sp³-hybridized carbons (Fsp3) is 0.333. The van der Waals surface area contributed by atoms with Crippen molar-refractivity contribution in [1.29, 1.82) is 0 Å². The molecule has 2 rings (SSSR count). The molecule has 1 unspecified atom stereocenters. The van der Waals surface area contributed by atoms with E-state index in [0.717, 1.165) is 11.3 Å². The van der Waals surface area contributed by atoms with Gasteiger partial charge in [-0.1, -0.05) is 11.6 Å². The van der Waals surface area contributed by atoms with E-state index in [1.807, 2.05) is 31.2 Å². The molecule has 1 aromatic heterocycles. The summed E-state index contributed by atoms with van der Waals surface area (Å²) in [7, 11) is 3.16. The minimum atomic E-state index is 0.122. The Hall–Kier alpha value is -1.65. The van der Waals surface area contributed by atoms with Gasteiger partial charge in [-0.2, -0.15) is 0 Å². The van der Waals surface area contributed by atoms with Crippen molar-refractivity contribution in [3.8, 4) is 11.5 Å². The van der Waals surface area contributed by atoms with Gasteiger partial charge >= 0.3 is 0 Å². The zero-order valence-corrected chi connectivity index (χ0v) is 12.5. The minimum absolute atomic E-state index is 0.122. The van der Waals surface area contributed by atoms with Gasteiger partial charge in [0.15, 0.2) is 11.5 Å². The van der Waals surface area contributed by atoms with Crippen molar-refractivity contribution in [2.75, 3.05) is 14.2 Å². The van der Waals surface area contributed by atoms with Crippen LogP contribution in [-0.4, -0.2) is 14.2 Å². The van der Waals surface area contributed by atoms with Crippen LogP contribution in [0.5, 0.6) is 11.5 Å². The van der Waals surface area contributed by atoms with Crippen molar-refractivity contribution in [2.24, 2.45) is 0 Å². The van der Waals surface area contributed by atoms with Crippen molar-refractivity contribution in [1.82, 2.24) is 5.32 Å². The van der Waals surface area contributed by atoms with E-state index in [4.69, 9.17) is 25.5 Å². The van der Waals surface area contributed by atoms with Crippen molar-refractivity contribution in [2.45, 2.75) is 19.5 Å². The third-order valence-corrected chi connectivity index (χ3v) is 3.36. The number of rotatable bonds is 6. The minimum Gasteiger partial charge on any atom is -0.493 e. The summed E-state index contributed by atoms with van der Waals surface area (Å²) >= 11 is 6.18. The van der Waals surface area contributed by atoms with Crippen LogP contribution in [-0.2, 0) is 6.54 Å². The third kappa shape index (κ3) is 3.26. The molecular formula is C15H18ClNO3. The van der Waals surface area contributed by atoms with Crippen LogP contribution in [0.2, 0.25) is 5.02 Å². The summed E-state index contributed by atoms with van der Waals surface area (Å²) in [6.07, 6.45) is 1.67. The average Bonchev–Trinajstić information content (AvgIpc) is 2.98. The van der Waals surface area contributed by atoms with Crippen LogP contribution in [0.25, 0.3) is 0 Å². The second-order valence-corrected chi connectivity index (χ2v) is 4.84. The Morgan fingerprint density at radius 2 is 2.10 bits per heavy atom. The summed E-state index contributed by atoms with van der Waals surface area (Å²) in [4.78, 5) is 0. The van der Waals surface area contributed by atoms with E-state index < -0.39 is 0 Å². The highest BCUT2D eigenvalue weighted by Gasteiger charge is 2.12. The first-order valence-corrected chi connectivity index (χ1v) is 6.70. The van der Waals surface area contributed by atoms with Crippen LogP contribution in [0.1, 0.15) is 24.3 Å². The van der Waals surface area contributed by atoms with Gasteiger partial charge in [-0.15, -0.1) is 0 Å². The standard InChI is InChI=1S/C15H18ClNO3/c1-10(13-5-4-6-20-13)17-9-11-7-12(16)15(19-3)14(8-11)18-2/h4-8,10,17H,9H2,1-3H3. The molecule has 0 aliphatic carbocycles. The molecule has 2 aromatic rings. The van der Waals surface area contributed by atoms with Crippen molar-refractivity contribution >= 4 is 11.6 Å². The highest BCUT2D eigenvalue weighted by Crippen LogP contribution is 2.36. The predicted octanol–water partition coefficient (Wildman–Crippen LogP) is 3.80. The second kappa shape index (κ2) is 6.68. The molecule has 0 fully saturated rings. The van der Waals surface area contributed by atoms with Gasteiger partial charge in [-0.05, 0) is 36.8 Å². The number of halogens is 1. The molecule has 0 bridgehead atoms. The first-order valence-electron chi connectivity index (χ1n) is 6.33. The number of methoxy groups -OCH3 is 2. The van der Waals surface area contributed by atoms with Gasteiger partial charge in [-0.25, -0.2) is 0 Å². The molecule has 1 N–H and O–H groups in total. The lowest BCUT2D eigenvalue weighted by Gasteiger charge is -2.14. The summed E-state index contributed by atoms with van der Waals surface area (Å²) in [6, 6.07) is 7.72. The van der Waals surface area contributed by atoms with Gasteiger partial charge in [0.25, 0.3) is 0 Å². The molecule has 1 aromatic carbocycles. The number of nitrogens with one attached hydrogen (secondary N) is 1. The Labute approximate surface area is 123 Å². The zero-order valence-electron chi connectivity index (χ0n) is 11.8. The van der Waals surface area contributed by atoms with Crippen molar-refractivity contribution < 1.29 is 13.9 Å². The molecule has 1 heterocycles. The second-order valence-electron chi connectivity index (χ2n) is 4.43. The summed E-state index contributed by atoms with van der Waals surface area (Å²) < 4.78 is 15.9. The molecule has 4 nitrogen and oxygen atoms in total. The smallest absolute Gasteiger partial charge is 0.179 e. The molecule has 108 valence electrons. The van der Waals surface area contributed by atoms with Crippen LogP contribution in [0.15, 0.2) is 34.9 Å². The molecule has 0 spiro atoms. The van der Waals surface area contributed by atoms with E-state index in [9.17, 15) is 0 Å². The molecule has 1 atom stereocenters. The van der Waals surface area contributed by atoms with E-state index in [2.05, 4.69) is 5.32 Å². The molecule has 0 amide bonds. The topological polar surface area (TPSA) is 43.6 Å².